The molecule has 8 atom stereocenters. The molecule has 1 saturated heterocycles. The summed E-state index contributed by atoms with van der Waals surface area (Å²) >= 11 is 9.42. The number of ether oxygens (including phenoxy) is 10. The third kappa shape index (κ3) is 24.7. The number of aliphatic hydroxyl groups is 2. The van der Waals surface area contributed by atoms with Gasteiger partial charge in [0.1, 0.15) is 30.5 Å². The number of likely N-dealkylation sites (N-methyl/N-ethyl adjacent to an activating group) is 2. The Labute approximate surface area is 678 Å². The van der Waals surface area contributed by atoms with Gasteiger partial charge in [-0.2, -0.15) is 0 Å². The number of nitrogens with two attached hydrogens (primary N) is 1. The number of nitrogens with zero attached hydrogens (tertiary/aromatic N) is 5. The number of carbonyl (C=O) groups excluding carboxylic acids is 10. The number of aryl methyl sites for hydroxylation is 2. The lowest BCUT2D eigenvalue weighted by Gasteiger charge is -2.35. The predicted octanol–water partition coefficient (Wildman–Crippen LogP) is 6.15. The van der Waals surface area contributed by atoms with Crippen molar-refractivity contribution in [2.45, 2.75) is 135 Å². The standard InChI is InChI=1S/C78H103ClN10O24S2/c1-45(2)68(84-59(92)19-24-104-26-28-106-30-32-108-34-35-109-33-31-107-29-27-105-25-23-87-62(95)17-18-63(87)96)73(98)83-52(10-9-20-81-76(80)101)72(97)82-51-15-13-49(14-16-51)42-110-77(102)85(6)21-22-86(7)78(103)112-58-37-54-67(66-48(5)44-115-71(58)66)50(39-79)41-89(54)61(94)12-8-11-60(93)88-40-46(3)64-53(88)36-57(70-65(64)47(4)43-114-70)111-75-56(91)38-55(90)69(113-75)74(99)100/h13-18,36-37,43-46,50,52,55-56,68-69,75,90-91H,8-12,19-35,38-42H2,1-7H3,(H,82,97)(H,83,98)(H,84,92)(H,99,100)(H3,80,81,101)/t46-,50-,52+,55+,56-,68+,69+,75-/m1/s1. The van der Waals surface area contributed by atoms with Gasteiger partial charge in [-0.05, 0) is 89.7 Å². The number of hydrogen-bond acceptors (Lipinski definition) is 25. The molecule has 628 valence electrons. The van der Waals surface area contributed by atoms with Gasteiger partial charge in [-0.15, -0.1) is 34.3 Å². The number of carboxylic acid groups (broad SMARTS) is 1. The van der Waals surface area contributed by atoms with Gasteiger partial charge in [-0.1, -0.05) is 32.9 Å². The number of urea groups is 1. The fraction of sp³-hybridized carbons (Fsp3) is 0.551. The normalized spacial score (nSPS) is 18.2. The van der Waals surface area contributed by atoms with Gasteiger partial charge in [0.05, 0.1) is 113 Å². The highest BCUT2D eigenvalue weighted by Gasteiger charge is 2.44. The van der Waals surface area contributed by atoms with Crippen molar-refractivity contribution in [2.24, 2.45) is 11.7 Å². The maximum atomic E-state index is 14.4. The average molecular weight is 1660 g/mol. The van der Waals surface area contributed by atoms with Gasteiger partial charge < -0.3 is 109 Å². The fourth-order valence-corrected chi connectivity index (χ4v) is 15.7. The number of anilines is 3. The Morgan fingerprint density at radius 1 is 0.678 bits per heavy atom. The molecule has 0 saturated carbocycles. The van der Waals surface area contributed by atoms with E-state index in [9.17, 15) is 68.1 Å². The van der Waals surface area contributed by atoms with Crippen LogP contribution in [0.3, 0.4) is 0 Å². The summed E-state index contributed by atoms with van der Waals surface area (Å²) in [6.07, 6.45) is -4.60. The zero-order valence-electron chi connectivity index (χ0n) is 65.5. The number of alkyl halides is 1. The van der Waals surface area contributed by atoms with Crippen molar-refractivity contribution < 1.29 is 115 Å². The predicted molar refractivity (Wildman–Crippen MR) is 425 cm³/mol. The van der Waals surface area contributed by atoms with E-state index in [1.807, 2.05) is 31.5 Å². The molecule has 3 aromatic carbocycles. The van der Waals surface area contributed by atoms with E-state index in [-0.39, 0.29) is 169 Å². The van der Waals surface area contributed by atoms with Crippen LogP contribution in [0.1, 0.15) is 105 Å². The van der Waals surface area contributed by atoms with Gasteiger partial charge in [-0.3, -0.25) is 38.5 Å². The molecule has 11 amide bonds. The summed E-state index contributed by atoms with van der Waals surface area (Å²) in [6, 6.07) is 6.92. The number of fused-ring (bicyclic) bond motifs is 6. The first-order valence-electron chi connectivity index (χ1n) is 38.1. The minimum atomic E-state index is -1.62. The molecule has 0 bridgehead atoms. The Morgan fingerprint density at radius 3 is 1.79 bits per heavy atom. The van der Waals surface area contributed by atoms with E-state index >= 15 is 0 Å². The van der Waals surface area contributed by atoms with E-state index in [2.05, 4.69) is 21.3 Å². The molecule has 37 heteroatoms. The molecule has 0 spiro atoms. The van der Waals surface area contributed by atoms with Crippen molar-refractivity contribution >= 4 is 137 Å². The minimum Gasteiger partial charge on any atom is -0.479 e. The second kappa shape index (κ2) is 43.7. The lowest BCUT2D eigenvalue weighted by molar-refractivity contribution is -0.237. The van der Waals surface area contributed by atoms with Crippen molar-refractivity contribution in [1.82, 2.24) is 30.7 Å². The van der Waals surface area contributed by atoms with Crippen LogP contribution in [0, 0.1) is 19.8 Å². The first-order chi connectivity index (χ1) is 55.1. The molecular weight excluding hydrogens is 1560 g/mol. The molecule has 2 aromatic heterocycles. The SMILES string of the molecule is Cc1csc2c(OC(=O)N(C)CCN(C)C(=O)OCc3ccc(NC(=O)[C@H](CCCNC(N)=O)NC(=O)[C@@H](NC(=O)CCOCCOCCOCCOCCOCCOCCN4C(=O)C=CC4=O)C(C)C)cc3)cc3c(c12)[C@H](CCl)CN3C(=O)CCCC(=O)N1C[C@@H](C)c2c1cc(O[C@@H]1O[C@H](C(=O)O)[C@@H](O)C[C@H]1O)c1scc(C)c21. The third-order valence-electron chi connectivity index (χ3n) is 19.6. The Balaban J connectivity index is 0.678. The number of carboxylic acids is 1. The maximum Gasteiger partial charge on any atom is 0.415 e. The molecule has 115 heavy (non-hydrogen) atoms. The molecule has 5 aromatic rings. The van der Waals surface area contributed by atoms with Gasteiger partial charge in [0.25, 0.3) is 11.8 Å². The summed E-state index contributed by atoms with van der Waals surface area (Å²) < 4.78 is 57.8. The Morgan fingerprint density at radius 2 is 1.22 bits per heavy atom. The number of aliphatic hydroxyl groups excluding tert-OH is 2. The number of nitrogens with one attached hydrogen (secondary N) is 4. The molecule has 1 fully saturated rings. The van der Waals surface area contributed by atoms with Crippen molar-refractivity contribution in [1.29, 1.82) is 0 Å². The largest absolute Gasteiger partial charge is 0.479 e. The Kier molecular flexibility index (Phi) is 34.1. The van der Waals surface area contributed by atoms with E-state index in [1.165, 1.54) is 58.7 Å². The summed E-state index contributed by atoms with van der Waals surface area (Å²) in [5.74, 6) is -4.27. The summed E-state index contributed by atoms with van der Waals surface area (Å²) in [5, 5.41) is 47.1. The van der Waals surface area contributed by atoms with Crippen LogP contribution in [0.4, 0.5) is 31.4 Å². The summed E-state index contributed by atoms with van der Waals surface area (Å²) in [7, 11) is 3.03. The second-order valence-electron chi connectivity index (χ2n) is 28.5. The highest BCUT2D eigenvalue weighted by molar-refractivity contribution is 7.18. The smallest absolute Gasteiger partial charge is 0.415 e. The zero-order chi connectivity index (χ0) is 83.0. The third-order valence-corrected chi connectivity index (χ3v) is 22.2. The molecule has 0 unspecified atom stereocenters. The molecule has 0 aliphatic carbocycles. The lowest BCUT2D eigenvalue weighted by Crippen LogP contribution is -2.54. The van der Waals surface area contributed by atoms with Crippen LogP contribution in [0.25, 0.3) is 20.2 Å². The molecule has 34 nitrogen and oxygen atoms in total. The van der Waals surface area contributed by atoms with Crippen LogP contribution >= 0.6 is 34.3 Å². The number of halogens is 1. The number of hydrogen-bond donors (Lipinski definition) is 8. The Bertz CT molecular complexity index is 4260. The van der Waals surface area contributed by atoms with Gasteiger partial charge in [0.15, 0.2) is 11.9 Å². The highest BCUT2D eigenvalue weighted by Crippen LogP contribution is 2.51. The minimum absolute atomic E-state index is 0.00330. The first kappa shape index (κ1) is 89.7. The molecule has 9 rings (SSSR count). The quantitative estimate of drug-likeness (QED) is 0.0123. The number of carbonyl (C=O) groups is 11. The van der Waals surface area contributed by atoms with Gasteiger partial charge in [0.2, 0.25) is 35.8 Å². The first-order valence-corrected chi connectivity index (χ1v) is 40.4. The van der Waals surface area contributed by atoms with E-state index in [4.69, 9.17) is 64.7 Å². The van der Waals surface area contributed by atoms with Crippen LogP contribution in [-0.4, -0.2) is 271 Å². The van der Waals surface area contributed by atoms with Crippen molar-refractivity contribution in [2.75, 3.05) is 154 Å². The lowest BCUT2D eigenvalue weighted by atomic mass is 9.97. The molecule has 6 heterocycles. The molecule has 4 aliphatic rings. The van der Waals surface area contributed by atoms with E-state index < -0.39 is 78.6 Å². The van der Waals surface area contributed by atoms with E-state index in [0.29, 0.717) is 86.7 Å². The summed E-state index contributed by atoms with van der Waals surface area (Å²) in [6.45, 7) is 13.6. The zero-order valence-corrected chi connectivity index (χ0v) is 67.9. The summed E-state index contributed by atoms with van der Waals surface area (Å²) in [5.41, 5.74) is 10.9. The highest BCUT2D eigenvalue weighted by atomic mass is 35.5. The second-order valence-corrected chi connectivity index (χ2v) is 30.6. The van der Waals surface area contributed by atoms with Gasteiger partial charge in [0, 0.05) is 131 Å². The van der Waals surface area contributed by atoms with Gasteiger partial charge >= 0.3 is 24.2 Å². The van der Waals surface area contributed by atoms with Crippen LogP contribution in [-0.2, 0) is 82.9 Å². The van der Waals surface area contributed by atoms with Crippen LogP contribution in [0.5, 0.6) is 11.5 Å². The number of aliphatic carboxylic acids is 1. The number of amides is 11. The van der Waals surface area contributed by atoms with E-state index in [0.717, 1.165) is 42.6 Å². The number of rotatable bonds is 45. The molecule has 4 aliphatic heterocycles. The fourth-order valence-electron chi connectivity index (χ4n) is 13.5. The maximum absolute atomic E-state index is 14.4. The van der Waals surface area contributed by atoms with Crippen LogP contribution in [0.2, 0.25) is 0 Å². The van der Waals surface area contributed by atoms with Gasteiger partial charge in [-0.25, -0.2) is 19.2 Å². The van der Waals surface area contributed by atoms with Crippen LogP contribution < -0.4 is 46.3 Å². The topological polar surface area (TPSA) is 431 Å². The molecule has 0 radical (unpaired) electrons. The Hall–Kier alpha value is -9.18. The number of imide groups is 1. The summed E-state index contributed by atoms with van der Waals surface area (Å²) in [4.78, 5) is 150. The molecule has 9 N–H and O–H groups in total. The van der Waals surface area contributed by atoms with Crippen LogP contribution in [0.15, 0.2) is 59.3 Å². The number of benzene rings is 3. The van der Waals surface area contributed by atoms with Crippen molar-refractivity contribution in [3.05, 3.63) is 87.1 Å². The number of primary amides is 1. The average Bonchev–Trinajstić information content (AvgIpc) is 1.60. The molecular formula is C78H103ClN10O24S2. The van der Waals surface area contributed by atoms with Crippen molar-refractivity contribution in [3.63, 3.8) is 0 Å². The number of thiophene rings is 2. The van der Waals surface area contributed by atoms with E-state index in [1.54, 1.807) is 60.0 Å². The monoisotopic (exact) mass is 1660 g/mol. The van der Waals surface area contributed by atoms with Crippen molar-refractivity contribution in [3.8, 4) is 11.5 Å².